The zero-order valence-electron chi connectivity index (χ0n) is 12.1. The van der Waals surface area contributed by atoms with E-state index in [-0.39, 0.29) is 24.8 Å². The van der Waals surface area contributed by atoms with Gasteiger partial charge in [-0.1, -0.05) is 11.8 Å². The summed E-state index contributed by atoms with van der Waals surface area (Å²) < 4.78 is 0. The maximum absolute atomic E-state index is 11.8. The number of hydrogen-bond donors (Lipinski definition) is 3. The van der Waals surface area contributed by atoms with E-state index in [1.807, 2.05) is 6.92 Å². The number of amides is 2. The molecule has 0 aliphatic rings. The van der Waals surface area contributed by atoms with E-state index in [0.29, 0.717) is 25.1 Å². The lowest BCUT2D eigenvalue weighted by atomic mass is 10.1. The Morgan fingerprint density at radius 3 is 2.52 bits per heavy atom. The molecule has 0 unspecified atom stereocenters. The normalized spacial score (nSPS) is 9.43. The number of aliphatic hydroxyl groups is 1. The van der Waals surface area contributed by atoms with Gasteiger partial charge in [0.1, 0.15) is 0 Å². The van der Waals surface area contributed by atoms with Gasteiger partial charge in [0.2, 0.25) is 5.91 Å². The minimum atomic E-state index is -0.214. The van der Waals surface area contributed by atoms with Crippen molar-refractivity contribution in [2.75, 3.05) is 19.7 Å². The van der Waals surface area contributed by atoms with Crippen LogP contribution in [0, 0.1) is 11.8 Å². The lowest BCUT2D eigenvalue weighted by molar-refractivity contribution is -0.120. The molecule has 1 aromatic rings. The zero-order chi connectivity index (χ0) is 15.5. The maximum atomic E-state index is 11.8. The Balaban J connectivity index is 2.45. The average molecular weight is 288 g/mol. The molecule has 0 heterocycles. The summed E-state index contributed by atoms with van der Waals surface area (Å²) in [5.74, 6) is 5.41. The maximum Gasteiger partial charge on any atom is 0.251 e. The van der Waals surface area contributed by atoms with E-state index in [1.165, 1.54) is 0 Å². The van der Waals surface area contributed by atoms with Crippen molar-refractivity contribution in [3.63, 3.8) is 0 Å². The lowest BCUT2D eigenvalue weighted by Crippen LogP contribution is -2.30. The summed E-state index contributed by atoms with van der Waals surface area (Å²) in [6, 6.07) is 6.88. The Morgan fingerprint density at radius 1 is 1.19 bits per heavy atom. The molecule has 1 rings (SSSR count). The summed E-state index contributed by atoms with van der Waals surface area (Å²) in [7, 11) is 0. The summed E-state index contributed by atoms with van der Waals surface area (Å²) in [4.78, 5) is 23.1. The van der Waals surface area contributed by atoms with E-state index in [1.54, 1.807) is 24.3 Å². The second-order valence-corrected chi connectivity index (χ2v) is 4.31. The van der Waals surface area contributed by atoms with Gasteiger partial charge in [-0.3, -0.25) is 9.59 Å². The molecule has 5 nitrogen and oxygen atoms in total. The molecule has 2 amide bonds. The van der Waals surface area contributed by atoms with Gasteiger partial charge in [-0.25, -0.2) is 0 Å². The van der Waals surface area contributed by atoms with Crippen molar-refractivity contribution in [3.8, 4) is 11.8 Å². The number of hydrogen-bond acceptors (Lipinski definition) is 3. The van der Waals surface area contributed by atoms with E-state index in [4.69, 9.17) is 5.11 Å². The molecule has 5 heteroatoms. The van der Waals surface area contributed by atoms with Crippen LogP contribution < -0.4 is 10.6 Å². The van der Waals surface area contributed by atoms with Crippen LogP contribution in [0.4, 0.5) is 0 Å². The van der Waals surface area contributed by atoms with Crippen LogP contribution in [0.25, 0.3) is 0 Å². The number of benzene rings is 1. The standard InChI is InChI=1S/C16H20N2O3/c1-2-17-15(20)10-11-18-16(21)14-8-6-13(7-9-14)5-3-4-12-19/h6-9,19H,2,4,10-12H2,1H3,(H,17,20)(H,18,21). The van der Waals surface area contributed by atoms with Gasteiger partial charge < -0.3 is 15.7 Å². The molecular formula is C16H20N2O3. The first kappa shape index (κ1) is 16.7. The summed E-state index contributed by atoms with van der Waals surface area (Å²) >= 11 is 0. The number of carbonyl (C=O) groups is 2. The van der Waals surface area contributed by atoms with Gasteiger partial charge >= 0.3 is 0 Å². The fourth-order valence-corrected chi connectivity index (χ4v) is 1.60. The van der Waals surface area contributed by atoms with Gasteiger partial charge in [0.25, 0.3) is 5.91 Å². The minimum Gasteiger partial charge on any atom is -0.395 e. The molecule has 3 N–H and O–H groups in total. The highest BCUT2D eigenvalue weighted by molar-refractivity contribution is 5.94. The predicted octanol–water partition coefficient (Wildman–Crippen LogP) is 0.676. The van der Waals surface area contributed by atoms with Gasteiger partial charge in [-0.2, -0.15) is 0 Å². The van der Waals surface area contributed by atoms with E-state index in [9.17, 15) is 9.59 Å². The molecule has 112 valence electrons. The second-order valence-electron chi connectivity index (χ2n) is 4.31. The minimum absolute atomic E-state index is 0.0408. The molecule has 0 aliphatic carbocycles. The van der Waals surface area contributed by atoms with Crippen LogP contribution >= 0.6 is 0 Å². The first-order valence-corrected chi connectivity index (χ1v) is 6.92. The van der Waals surface area contributed by atoms with Crippen LogP contribution in [0.1, 0.15) is 35.7 Å². The third kappa shape index (κ3) is 6.59. The monoisotopic (exact) mass is 288 g/mol. The zero-order valence-corrected chi connectivity index (χ0v) is 12.1. The summed E-state index contributed by atoms with van der Waals surface area (Å²) in [5.41, 5.74) is 1.32. The highest BCUT2D eigenvalue weighted by Gasteiger charge is 2.05. The van der Waals surface area contributed by atoms with Crippen molar-refractivity contribution in [3.05, 3.63) is 35.4 Å². The van der Waals surface area contributed by atoms with Crippen LogP contribution in [0.3, 0.4) is 0 Å². The van der Waals surface area contributed by atoms with Crippen molar-refractivity contribution in [1.82, 2.24) is 10.6 Å². The average Bonchev–Trinajstić information content (AvgIpc) is 2.48. The summed E-state index contributed by atoms with van der Waals surface area (Å²) in [6.45, 7) is 2.79. The van der Waals surface area contributed by atoms with E-state index >= 15 is 0 Å². The van der Waals surface area contributed by atoms with Crippen LogP contribution in [-0.2, 0) is 4.79 Å². The number of rotatable bonds is 6. The predicted molar refractivity (Wildman–Crippen MR) is 80.7 cm³/mol. The summed E-state index contributed by atoms with van der Waals surface area (Å²) in [5, 5.41) is 14.0. The second kappa shape index (κ2) is 9.56. The van der Waals surface area contributed by atoms with Gasteiger partial charge in [0, 0.05) is 37.1 Å². The Hall–Kier alpha value is -2.32. The summed E-state index contributed by atoms with van der Waals surface area (Å²) in [6.07, 6.45) is 0.701. The molecule has 0 spiro atoms. The van der Waals surface area contributed by atoms with Gasteiger partial charge in [-0.05, 0) is 31.2 Å². The van der Waals surface area contributed by atoms with Gasteiger partial charge in [0.05, 0.1) is 6.61 Å². The van der Waals surface area contributed by atoms with Crippen molar-refractivity contribution >= 4 is 11.8 Å². The smallest absolute Gasteiger partial charge is 0.251 e. The molecule has 0 saturated heterocycles. The van der Waals surface area contributed by atoms with E-state index in [2.05, 4.69) is 22.5 Å². The van der Waals surface area contributed by atoms with Crippen LogP contribution in [0.15, 0.2) is 24.3 Å². The molecule has 0 bridgehead atoms. The number of carbonyl (C=O) groups excluding carboxylic acids is 2. The topological polar surface area (TPSA) is 78.4 Å². The first-order chi connectivity index (χ1) is 10.2. The van der Waals surface area contributed by atoms with E-state index < -0.39 is 0 Å². The van der Waals surface area contributed by atoms with E-state index in [0.717, 1.165) is 5.56 Å². The highest BCUT2D eigenvalue weighted by atomic mass is 16.2. The SMILES string of the molecule is CCNC(=O)CCNC(=O)c1ccc(C#CCCO)cc1. The van der Waals surface area contributed by atoms with Crippen LogP contribution in [0.2, 0.25) is 0 Å². The third-order valence-electron chi connectivity index (χ3n) is 2.63. The van der Waals surface area contributed by atoms with Crippen LogP contribution in [0.5, 0.6) is 0 Å². The van der Waals surface area contributed by atoms with Crippen molar-refractivity contribution in [2.24, 2.45) is 0 Å². The van der Waals surface area contributed by atoms with Crippen LogP contribution in [-0.4, -0.2) is 36.6 Å². The number of nitrogens with one attached hydrogen (secondary N) is 2. The molecular weight excluding hydrogens is 268 g/mol. The largest absolute Gasteiger partial charge is 0.395 e. The third-order valence-corrected chi connectivity index (χ3v) is 2.63. The Bertz CT molecular complexity index is 527. The van der Waals surface area contributed by atoms with Crippen molar-refractivity contribution in [1.29, 1.82) is 0 Å². The van der Waals surface area contributed by atoms with Gasteiger partial charge in [-0.15, -0.1) is 0 Å². The molecule has 0 aliphatic heterocycles. The Labute approximate surface area is 124 Å². The molecule has 0 radical (unpaired) electrons. The van der Waals surface area contributed by atoms with Crippen molar-refractivity contribution in [2.45, 2.75) is 19.8 Å². The lowest BCUT2D eigenvalue weighted by Gasteiger charge is -2.05. The van der Waals surface area contributed by atoms with Gasteiger partial charge in [0.15, 0.2) is 0 Å². The molecule has 0 saturated carbocycles. The molecule has 0 fully saturated rings. The van der Waals surface area contributed by atoms with Crippen molar-refractivity contribution < 1.29 is 14.7 Å². The fourth-order valence-electron chi connectivity index (χ4n) is 1.60. The Kier molecular flexibility index (Phi) is 7.62. The molecule has 21 heavy (non-hydrogen) atoms. The first-order valence-electron chi connectivity index (χ1n) is 6.92. The molecule has 0 atom stereocenters. The quantitative estimate of drug-likeness (QED) is 0.673. The fraction of sp³-hybridized carbons (Fsp3) is 0.375. The molecule has 0 aromatic heterocycles. The highest BCUT2D eigenvalue weighted by Crippen LogP contribution is 2.03. The number of aliphatic hydroxyl groups excluding tert-OH is 1. The molecule has 1 aromatic carbocycles. The Morgan fingerprint density at radius 2 is 1.90 bits per heavy atom.